The van der Waals surface area contributed by atoms with Gasteiger partial charge in [0.25, 0.3) is 0 Å². The first-order chi connectivity index (χ1) is 11.7. The van der Waals surface area contributed by atoms with Crippen molar-refractivity contribution in [3.8, 4) is 0 Å². The molecule has 2 rings (SSSR count). The number of aryl methyl sites for hydroxylation is 1. The van der Waals surface area contributed by atoms with E-state index < -0.39 is 0 Å². The molecule has 132 valence electrons. The van der Waals surface area contributed by atoms with Gasteiger partial charge in [-0.2, -0.15) is 0 Å². The zero-order chi connectivity index (χ0) is 17.2. The molecule has 5 heteroatoms. The molecule has 0 bridgehead atoms. The summed E-state index contributed by atoms with van der Waals surface area (Å²) in [6.07, 6.45) is 4.10. The SMILES string of the molecule is CCCNC(=O)CN1CCC(NC(=O)CCc2ccccc2)CC1. The summed E-state index contributed by atoms with van der Waals surface area (Å²) in [5.74, 6) is 0.222. The molecule has 0 saturated carbocycles. The molecular formula is C19H29N3O2. The van der Waals surface area contributed by atoms with Gasteiger partial charge in [-0.1, -0.05) is 37.3 Å². The first-order valence-electron chi connectivity index (χ1n) is 8.99. The Hall–Kier alpha value is -1.88. The van der Waals surface area contributed by atoms with Gasteiger partial charge in [-0.15, -0.1) is 0 Å². The lowest BCUT2D eigenvalue weighted by Gasteiger charge is -2.31. The smallest absolute Gasteiger partial charge is 0.234 e. The van der Waals surface area contributed by atoms with Crippen LogP contribution in [0.5, 0.6) is 0 Å². The minimum atomic E-state index is 0.0993. The Balaban J connectivity index is 1.62. The van der Waals surface area contributed by atoms with Crippen LogP contribution in [0.3, 0.4) is 0 Å². The Labute approximate surface area is 144 Å². The van der Waals surface area contributed by atoms with E-state index in [1.54, 1.807) is 0 Å². The monoisotopic (exact) mass is 331 g/mol. The second kappa shape index (κ2) is 10.1. The average Bonchev–Trinajstić information content (AvgIpc) is 2.61. The highest BCUT2D eigenvalue weighted by molar-refractivity contribution is 5.78. The summed E-state index contributed by atoms with van der Waals surface area (Å²) in [5.41, 5.74) is 1.19. The molecule has 0 aromatic heterocycles. The third kappa shape index (κ3) is 6.71. The maximum atomic E-state index is 12.1. The molecule has 1 heterocycles. The molecule has 0 unspecified atom stereocenters. The number of nitrogens with zero attached hydrogens (tertiary/aromatic N) is 1. The van der Waals surface area contributed by atoms with Crippen LogP contribution in [0.25, 0.3) is 0 Å². The number of amides is 2. The van der Waals surface area contributed by atoms with Gasteiger partial charge in [0.15, 0.2) is 0 Å². The molecule has 0 atom stereocenters. The van der Waals surface area contributed by atoms with E-state index in [1.807, 2.05) is 25.1 Å². The van der Waals surface area contributed by atoms with Gasteiger partial charge < -0.3 is 10.6 Å². The van der Waals surface area contributed by atoms with Crippen LogP contribution < -0.4 is 10.6 Å². The van der Waals surface area contributed by atoms with Crippen LogP contribution >= 0.6 is 0 Å². The fraction of sp³-hybridized carbons (Fsp3) is 0.579. The second-order valence-electron chi connectivity index (χ2n) is 6.45. The summed E-state index contributed by atoms with van der Waals surface area (Å²) in [5, 5.41) is 6.04. The molecule has 1 aromatic rings. The van der Waals surface area contributed by atoms with Crippen molar-refractivity contribution in [1.82, 2.24) is 15.5 Å². The van der Waals surface area contributed by atoms with Crippen molar-refractivity contribution in [3.05, 3.63) is 35.9 Å². The highest BCUT2D eigenvalue weighted by Crippen LogP contribution is 2.10. The first-order valence-corrected chi connectivity index (χ1v) is 8.99. The topological polar surface area (TPSA) is 61.4 Å². The molecule has 2 N–H and O–H groups in total. The van der Waals surface area contributed by atoms with Crippen molar-refractivity contribution in [2.45, 2.75) is 45.1 Å². The van der Waals surface area contributed by atoms with Gasteiger partial charge in [0.05, 0.1) is 6.54 Å². The number of benzene rings is 1. The van der Waals surface area contributed by atoms with Gasteiger partial charge in [0.1, 0.15) is 0 Å². The van der Waals surface area contributed by atoms with Crippen molar-refractivity contribution >= 4 is 11.8 Å². The first kappa shape index (κ1) is 18.5. The number of carbonyl (C=O) groups is 2. The van der Waals surface area contributed by atoms with Crippen molar-refractivity contribution < 1.29 is 9.59 Å². The second-order valence-corrected chi connectivity index (χ2v) is 6.45. The number of rotatable bonds is 8. The van der Waals surface area contributed by atoms with E-state index in [4.69, 9.17) is 0 Å². The number of hydrogen-bond donors (Lipinski definition) is 2. The molecule has 1 aliphatic heterocycles. The Morgan fingerprint density at radius 3 is 2.50 bits per heavy atom. The maximum absolute atomic E-state index is 12.1. The molecule has 0 radical (unpaired) electrons. The highest BCUT2D eigenvalue weighted by Gasteiger charge is 2.21. The number of nitrogens with one attached hydrogen (secondary N) is 2. The average molecular weight is 331 g/mol. The largest absolute Gasteiger partial charge is 0.355 e. The maximum Gasteiger partial charge on any atom is 0.234 e. The summed E-state index contributed by atoms with van der Waals surface area (Å²) in [7, 11) is 0. The fourth-order valence-corrected chi connectivity index (χ4v) is 2.96. The summed E-state index contributed by atoms with van der Waals surface area (Å²) >= 11 is 0. The van der Waals surface area contributed by atoms with E-state index in [2.05, 4.69) is 27.7 Å². The zero-order valence-electron chi connectivity index (χ0n) is 14.6. The van der Waals surface area contributed by atoms with E-state index >= 15 is 0 Å². The van der Waals surface area contributed by atoms with Crippen molar-refractivity contribution in [1.29, 1.82) is 0 Å². The van der Waals surface area contributed by atoms with E-state index in [9.17, 15) is 9.59 Å². The van der Waals surface area contributed by atoms with Crippen molar-refractivity contribution in [2.24, 2.45) is 0 Å². The van der Waals surface area contributed by atoms with Crippen molar-refractivity contribution in [3.63, 3.8) is 0 Å². The van der Waals surface area contributed by atoms with Gasteiger partial charge >= 0.3 is 0 Å². The van der Waals surface area contributed by atoms with E-state index in [1.165, 1.54) is 5.56 Å². The normalized spacial score (nSPS) is 15.9. The van der Waals surface area contributed by atoms with Crippen LogP contribution in [-0.4, -0.2) is 48.9 Å². The Morgan fingerprint density at radius 1 is 1.12 bits per heavy atom. The Bertz CT molecular complexity index is 511. The summed E-state index contributed by atoms with van der Waals surface area (Å²) in [4.78, 5) is 26.0. The number of piperidine rings is 1. The fourth-order valence-electron chi connectivity index (χ4n) is 2.96. The third-order valence-electron chi connectivity index (χ3n) is 4.38. The standard InChI is InChI=1S/C19H29N3O2/c1-2-12-20-19(24)15-22-13-10-17(11-14-22)21-18(23)9-8-16-6-4-3-5-7-16/h3-7,17H,2,8-15H2,1H3,(H,20,24)(H,21,23). The molecule has 1 fully saturated rings. The van der Waals surface area contributed by atoms with Crippen LogP contribution in [0.15, 0.2) is 30.3 Å². The van der Waals surface area contributed by atoms with E-state index in [0.29, 0.717) is 13.0 Å². The molecule has 24 heavy (non-hydrogen) atoms. The van der Waals surface area contributed by atoms with Crippen LogP contribution in [-0.2, 0) is 16.0 Å². The van der Waals surface area contributed by atoms with Gasteiger partial charge in [-0.3, -0.25) is 14.5 Å². The Kier molecular flexibility index (Phi) is 7.75. The lowest BCUT2D eigenvalue weighted by molar-refractivity contribution is -0.124. The molecule has 0 spiro atoms. The van der Waals surface area contributed by atoms with Crippen LogP contribution in [0, 0.1) is 0 Å². The van der Waals surface area contributed by atoms with E-state index in [-0.39, 0.29) is 17.9 Å². The van der Waals surface area contributed by atoms with Crippen molar-refractivity contribution in [2.75, 3.05) is 26.2 Å². The van der Waals surface area contributed by atoms with Crippen LogP contribution in [0.1, 0.15) is 38.2 Å². The van der Waals surface area contributed by atoms with Gasteiger partial charge in [-0.25, -0.2) is 0 Å². The molecule has 2 amide bonds. The Morgan fingerprint density at radius 2 is 1.83 bits per heavy atom. The van der Waals surface area contributed by atoms with Crippen LogP contribution in [0.2, 0.25) is 0 Å². The lowest BCUT2D eigenvalue weighted by atomic mass is 10.0. The molecule has 1 aliphatic rings. The zero-order valence-corrected chi connectivity index (χ0v) is 14.6. The molecule has 5 nitrogen and oxygen atoms in total. The number of hydrogen-bond acceptors (Lipinski definition) is 3. The minimum absolute atomic E-state index is 0.0993. The molecule has 1 saturated heterocycles. The van der Waals surface area contributed by atoms with Gasteiger partial charge in [0.2, 0.25) is 11.8 Å². The summed E-state index contributed by atoms with van der Waals surface area (Å²) < 4.78 is 0. The number of likely N-dealkylation sites (tertiary alicyclic amines) is 1. The predicted molar refractivity (Wildman–Crippen MR) is 95.7 cm³/mol. The highest BCUT2D eigenvalue weighted by atomic mass is 16.2. The third-order valence-corrected chi connectivity index (χ3v) is 4.38. The van der Waals surface area contributed by atoms with Gasteiger partial charge in [0, 0.05) is 32.1 Å². The summed E-state index contributed by atoms with van der Waals surface area (Å²) in [6, 6.07) is 10.3. The lowest BCUT2D eigenvalue weighted by Crippen LogP contribution is -2.47. The predicted octanol–water partition coefficient (Wildman–Crippen LogP) is 1.73. The minimum Gasteiger partial charge on any atom is -0.355 e. The van der Waals surface area contributed by atoms with Crippen LogP contribution in [0.4, 0.5) is 0 Å². The number of carbonyl (C=O) groups excluding carboxylic acids is 2. The molecule has 1 aromatic carbocycles. The molecular weight excluding hydrogens is 302 g/mol. The summed E-state index contributed by atoms with van der Waals surface area (Å²) in [6.45, 7) is 4.99. The van der Waals surface area contributed by atoms with Gasteiger partial charge in [-0.05, 0) is 31.2 Å². The molecule has 0 aliphatic carbocycles. The quantitative estimate of drug-likeness (QED) is 0.762. The van der Waals surface area contributed by atoms with E-state index in [0.717, 1.165) is 45.3 Å².